The molecule has 1 N–H and O–H groups in total. The number of hydrogen-bond donors (Lipinski definition) is 1. The number of aryl methyl sites for hydroxylation is 2. The molecule has 5 rings (SSSR count). The molecular formula is C25H25ClN4O2. The van der Waals surface area contributed by atoms with Crippen molar-refractivity contribution in [3.63, 3.8) is 0 Å². The summed E-state index contributed by atoms with van der Waals surface area (Å²) in [6.45, 7) is 1.20. The molecule has 0 fully saturated rings. The van der Waals surface area contributed by atoms with Crippen molar-refractivity contribution in [2.45, 2.75) is 38.6 Å². The summed E-state index contributed by atoms with van der Waals surface area (Å²) in [5, 5.41) is 7.95. The van der Waals surface area contributed by atoms with Crippen molar-refractivity contribution in [1.82, 2.24) is 14.7 Å². The van der Waals surface area contributed by atoms with E-state index in [9.17, 15) is 9.59 Å². The Kier molecular flexibility index (Phi) is 5.47. The van der Waals surface area contributed by atoms with E-state index in [1.54, 1.807) is 28.9 Å². The van der Waals surface area contributed by atoms with Crippen LogP contribution in [0.1, 0.15) is 56.1 Å². The molecule has 0 spiro atoms. The highest BCUT2D eigenvalue weighted by atomic mass is 35.5. The number of carbonyl (C=O) groups excluding carboxylic acids is 2. The van der Waals surface area contributed by atoms with Crippen molar-refractivity contribution in [3.8, 4) is 0 Å². The predicted octanol–water partition coefficient (Wildman–Crippen LogP) is 4.40. The molecule has 164 valence electrons. The van der Waals surface area contributed by atoms with Crippen LogP contribution >= 0.6 is 11.6 Å². The second-order valence-electron chi connectivity index (χ2n) is 8.50. The van der Waals surface area contributed by atoms with Gasteiger partial charge < -0.3 is 10.2 Å². The molecule has 0 bridgehead atoms. The number of rotatable bonds is 3. The van der Waals surface area contributed by atoms with E-state index in [1.165, 1.54) is 5.56 Å². The van der Waals surface area contributed by atoms with Crippen LogP contribution in [0.4, 0.5) is 5.69 Å². The molecule has 0 atom stereocenters. The van der Waals surface area contributed by atoms with Gasteiger partial charge in [0.1, 0.15) is 5.69 Å². The summed E-state index contributed by atoms with van der Waals surface area (Å²) < 4.78 is 1.76. The third-order valence-electron chi connectivity index (χ3n) is 6.40. The largest absolute Gasteiger partial charge is 0.333 e. The van der Waals surface area contributed by atoms with Gasteiger partial charge in [0.15, 0.2) is 0 Å². The number of anilines is 1. The van der Waals surface area contributed by atoms with Crippen LogP contribution in [0.5, 0.6) is 0 Å². The maximum Gasteiger partial charge on any atom is 0.272 e. The van der Waals surface area contributed by atoms with Gasteiger partial charge in [-0.1, -0.05) is 29.8 Å². The van der Waals surface area contributed by atoms with Crippen LogP contribution in [-0.4, -0.2) is 33.0 Å². The van der Waals surface area contributed by atoms with Gasteiger partial charge in [0.05, 0.1) is 16.3 Å². The van der Waals surface area contributed by atoms with Gasteiger partial charge in [-0.3, -0.25) is 14.3 Å². The summed E-state index contributed by atoms with van der Waals surface area (Å²) >= 11 is 6.15. The molecule has 0 saturated heterocycles. The van der Waals surface area contributed by atoms with Crippen molar-refractivity contribution < 1.29 is 9.59 Å². The molecule has 2 aromatic carbocycles. The molecular weight excluding hydrogens is 424 g/mol. The van der Waals surface area contributed by atoms with Crippen LogP contribution in [0.15, 0.2) is 42.5 Å². The zero-order valence-electron chi connectivity index (χ0n) is 18.0. The highest BCUT2D eigenvalue weighted by Crippen LogP contribution is 2.28. The fraction of sp³-hybridized carbons (Fsp3) is 0.320. The SMILES string of the molecule is Cn1nc2c(c1C(=O)N1CCc3ccc(NC(=O)c4ccccc4Cl)cc3C1)CCCC2. The first-order valence-corrected chi connectivity index (χ1v) is 11.4. The van der Waals surface area contributed by atoms with E-state index in [2.05, 4.69) is 10.4 Å². The highest BCUT2D eigenvalue weighted by molar-refractivity contribution is 6.34. The Morgan fingerprint density at radius 3 is 2.69 bits per heavy atom. The highest BCUT2D eigenvalue weighted by Gasteiger charge is 2.29. The van der Waals surface area contributed by atoms with Gasteiger partial charge in [0.25, 0.3) is 11.8 Å². The van der Waals surface area contributed by atoms with E-state index < -0.39 is 0 Å². The topological polar surface area (TPSA) is 67.2 Å². The number of amides is 2. The van der Waals surface area contributed by atoms with Gasteiger partial charge in [0.2, 0.25) is 0 Å². The average molecular weight is 449 g/mol. The molecule has 3 aromatic rings. The number of benzene rings is 2. The Balaban J connectivity index is 1.36. The molecule has 1 aliphatic carbocycles. The van der Waals surface area contributed by atoms with E-state index in [0.29, 0.717) is 29.4 Å². The zero-order chi connectivity index (χ0) is 22.2. The standard InChI is InChI=1S/C25H25ClN4O2/c1-29-23(20-7-3-5-9-22(20)28-29)25(32)30-13-12-16-10-11-18(14-17(16)15-30)27-24(31)19-6-2-4-8-21(19)26/h2,4,6,8,10-11,14H,3,5,7,9,12-13,15H2,1H3,(H,27,31). The van der Waals surface area contributed by atoms with Gasteiger partial charge in [0, 0.05) is 31.4 Å². The number of aromatic nitrogens is 2. The molecule has 6 nitrogen and oxygen atoms in total. The molecule has 0 saturated carbocycles. The van der Waals surface area contributed by atoms with Gasteiger partial charge >= 0.3 is 0 Å². The van der Waals surface area contributed by atoms with Crippen LogP contribution in [0.3, 0.4) is 0 Å². The molecule has 2 aliphatic rings. The summed E-state index contributed by atoms with van der Waals surface area (Å²) in [6, 6.07) is 12.9. The zero-order valence-corrected chi connectivity index (χ0v) is 18.8. The molecule has 7 heteroatoms. The molecule has 2 heterocycles. The summed E-state index contributed by atoms with van der Waals surface area (Å²) in [4.78, 5) is 28.0. The second kappa shape index (κ2) is 8.43. The number of hydrogen-bond acceptors (Lipinski definition) is 3. The van der Waals surface area contributed by atoms with Gasteiger partial charge in [-0.2, -0.15) is 5.10 Å². The van der Waals surface area contributed by atoms with E-state index in [1.807, 2.05) is 30.1 Å². The Bertz CT molecular complexity index is 1220. The van der Waals surface area contributed by atoms with E-state index >= 15 is 0 Å². The Morgan fingerprint density at radius 1 is 1.03 bits per heavy atom. The van der Waals surface area contributed by atoms with Crippen LogP contribution in [0.2, 0.25) is 5.02 Å². The van der Waals surface area contributed by atoms with Crippen molar-refractivity contribution >= 4 is 29.1 Å². The Hall–Kier alpha value is -3.12. The average Bonchev–Trinajstić information content (AvgIpc) is 3.14. The lowest BCUT2D eigenvalue weighted by molar-refractivity contribution is 0.0722. The molecule has 1 aromatic heterocycles. The summed E-state index contributed by atoms with van der Waals surface area (Å²) in [6.07, 6.45) is 4.91. The lowest BCUT2D eigenvalue weighted by Gasteiger charge is -2.29. The van der Waals surface area contributed by atoms with Gasteiger partial charge in [-0.05, 0) is 67.5 Å². The van der Waals surface area contributed by atoms with E-state index in [4.69, 9.17) is 11.6 Å². The summed E-state index contributed by atoms with van der Waals surface area (Å²) in [5.74, 6) is -0.208. The predicted molar refractivity (Wildman–Crippen MR) is 124 cm³/mol. The summed E-state index contributed by atoms with van der Waals surface area (Å²) in [5.41, 5.74) is 6.31. The number of halogens is 1. The normalized spacial score (nSPS) is 15.1. The minimum atomic E-state index is -0.249. The molecule has 0 radical (unpaired) electrons. The van der Waals surface area contributed by atoms with Gasteiger partial charge in [-0.25, -0.2) is 0 Å². The molecule has 2 amide bonds. The third kappa shape index (κ3) is 3.79. The van der Waals surface area contributed by atoms with Crippen LogP contribution in [-0.2, 0) is 32.9 Å². The third-order valence-corrected chi connectivity index (χ3v) is 6.73. The lowest BCUT2D eigenvalue weighted by atomic mass is 9.94. The smallest absolute Gasteiger partial charge is 0.272 e. The fourth-order valence-electron chi connectivity index (χ4n) is 4.75. The number of nitrogens with zero attached hydrogens (tertiary/aromatic N) is 3. The molecule has 0 unspecified atom stereocenters. The Morgan fingerprint density at radius 2 is 1.84 bits per heavy atom. The van der Waals surface area contributed by atoms with E-state index in [-0.39, 0.29) is 11.8 Å². The number of nitrogens with one attached hydrogen (secondary N) is 1. The van der Waals surface area contributed by atoms with Crippen LogP contribution in [0, 0.1) is 0 Å². The second-order valence-corrected chi connectivity index (χ2v) is 8.91. The maximum atomic E-state index is 13.4. The molecule has 32 heavy (non-hydrogen) atoms. The van der Waals surface area contributed by atoms with Crippen molar-refractivity contribution in [3.05, 3.63) is 81.1 Å². The van der Waals surface area contributed by atoms with Crippen LogP contribution in [0.25, 0.3) is 0 Å². The van der Waals surface area contributed by atoms with Crippen LogP contribution < -0.4 is 5.32 Å². The fourth-order valence-corrected chi connectivity index (χ4v) is 4.97. The maximum absolute atomic E-state index is 13.4. The number of fused-ring (bicyclic) bond motifs is 2. The first-order valence-electron chi connectivity index (χ1n) is 11.0. The first-order chi connectivity index (χ1) is 15.5. The number of carbonyl (C=O) groups is 2. The minimum Gasteiger partial charge on any atom is -0.333 e. The van der Waals surface area contributed by atoms with Crippen molar-refractivity contribution in [1.29, 1.82) is 0 Å². The monoisotopic (exact) mass is 448 g/mol. The van der Waals surface area contributed by atoms with Crippen molar-refractivity contribution in [2.24, 2.45) is 7.05 Å². The van der Waals surface area contributed by atoms with Gasteiger partial charge in [-0.15, -0.1) is 0 Å². The molecule has 1 aliphatic heterocycles. The quantitative estimate of drug-likeness (QED) is 0.645. The van der Waals surface area contributed by atoms with E-state index in [0.717, 1.165) is 54.6 Å². The lowest BCUT2D eigenvalue weighted by Crippen LogP contribution is -2.37. The summed E-state index contributed by atoms with van der Waals surface area (Å²) in [7, 11) is 1.87. The first kappa shape index (κ1) is 20.8. The van der Waals surface area contributed by atoms with Crippen molar-refractivity contribution in [2.75, 3.05) is 11.9 Å². The Labute approximate surface area is 192 Å². The minimum absolute atomic E-state index is 0.0410.